The number of H-pyrrole nitrogens is 1. The summed E-state index contributed by atoms with van der Waals surface area (Å²) in [5.41, 5.74) is 2.26. The molecule has 106 valence electrons. The predicted octanol–water partition coefficient (Wildman–Crippen LogP) is 1.67. The fourth-order valence-corrected chi connectivity index (χ4v) is 1.88. The number of nitrogens with one attached hydrogen (secondary N) is 2. The van der Waals surface area contributed by atoms with E-state index in [1.165, 1.54) is 0 Å². The average Bonchev–Trinajstić information content (AvgIpc) is 2.98. The fraction of sp³-hybridized carbons (Fsp3) is 0.286. The van der Waals surface area contributed by atoms with Crippen LogP contribution in [0.3, 0.4) is 0 Å². The van der Waals surface area contributed by atoms with Gasteiger partial charge >= 0.3 is 0 Å². The van der Waals surface area contributed by atoms with Gasteiger partial charge in [0.15, 0.2) is 0 Å². The van der Waals surface area contributed by atoms with Crippen LogP contribution in [0.4, 0.5) is 0 Å². The Labute approximate surface area is 117 Å². The fourth-order valence-electron chi connectivity index (χ4n) is 1.88. The monoisotopic (exact) mass is 275 g/mol. The van der Waals surface area contributed by atoms with Gasteiger partial charge in [-0.1, -0.05) is 0 Å². The Balaban J connectivity index is 2.16. The van der Waals surface area contributed by atoms with Gasteiger partial charge in [-0.15, -0.1) is 0 Å². The molecule has 0 atom stereocenters. The molecule has 0 aliphatic carbocycles. The van der Waals surface area contributed by atoms with Gasteiger partial charge in [0.1, 0.15) is 11.5 Å². The maximum Gasteiger partial charge on any atom is 0.251 e. The smallest absolute Gasteiger partial charge is 0.251 e. The number of carbonyl (C=O) groups is 1. The summed E-state index contributed by atoms with van der Waals surface area (Å²) < 4.78 is 10.5. The van der Waals surface area contributed by atoms with Gasteiger partial charge in [-0.2, -0.15) is 5.10 Å². The molecule has 6 heteroatoms. The van der Waals surface area contributed by atoms with Crippen molar-refractivity contribution < 1.29 is 14.3 Å². The number of rotatable bonds is 5. The van der Waals surface area contributed by atoms with Crippen LogP contribution in [0.1, 0.15) is 21.5 Å². The molecule has 0 spiro atoms. The molecular weight excluding hydrogens is 258 g/mol. The number of nitrogens with zero attached hydrogens (tertiary/aromatic N) is 1. The number of aromatic nitrogens is 2. The highest BCUT2D eigenvalue weighted by atomic mass is 16.5. The van der Waals surface area contributed by atoms with E-state index in [4.69, 9.17) is 9.47 Å². The van der Waals surface area contributed by atoms with Crippen molar-refractivity contribution in [3.05, 3.63) is 41.2 Å². The molecule has 0 fully saturated rings. The standard InChI is InChI=1S/C14H17N3O3/c1-9-12(19-2)4-11(5-13(9)20-3)14(18)15-6-10-7-16-17-8-10/h4-5,7-8H,6H2,1-3H3,(H,15,18)(H,16,17). The maximum atomic E-state index is 12.1. The number of ether oxygens (including phenoxy) is 2. The van der Waals surface area contributed by atoms with Gasteiger partial charge < -0.3 is 14.8 Å². The van der Waals surface area contributed by atoms with Gasteiger partial charge in [0.05, 0.1) is 20.4 Å². The lowest BCUT2D eigenvalue weighted by atomic mass is 10.1. The van der Waals surface area contributed by atoms with E-state index in [1.54, 1.807) is 38.7 Å². The van der Waals surface area contributed by atoms with Crippen molar-refractivity contribution in [2.45, 2.75) is 13.5 Å². The number of hydrogen-bond donors (Lipinski definition) is 2. The van der Waals surface area contributed by atoms with E-state index in [0.29, 0.717) is 23.6 Å². The molecule has 0 unspecified atom stereocenters. The molecular formula is C14H17N3O3. The second-order valence-electron chi connectivity index (χ2n) is 4.29. The number of methoxy groups -OCH3 is 2. The molecule has 0 saturated carbocycles. The summed E-state index contributed by atoms with van der Waals surface area (Å²) in [4.78, 5) is 12.1. The first kappa shape index (κ1) is 13.9. The minimum absolute atomic E-state index is 0.192. The summed E-state index contributed by atoms with van der Waals surface area (Å²) in [6.45, 7) is 2.29. The van der Waals surface area contributed by atoms with E-state index in [2.05, 4.69) is 15.5 Å². The van der Waals surface area contributed by atoms with Crippen molar-refractivity contribution >= 4 is 5.91 Å². The van der Waals surface area contributed by atoms with Crippen LogP contribution >= 0.6 is 0 Å². The zero-order valence-corrected chi connectivity index (χ0v) is 11.7. The van der Waals surface area contributed by atoms with Crippen molar-refractivity contribution in [1.82, 2.24) is 15.5 Å². The summed E-state index contributed by atoms with van der Waals surface area (Å²) >= 11 is 0. The van der Waals surface area contributed by atoms with Crippen LogP contribution in [0.2, 0.25) is 0 Å². The Morgan fingerprint density at radius 3 is 2.45 bits per heavy atom. The molecule has 2 N–H and O–H groups in total. The van der Waals surface area contributed by atoms with Crippen LogP contribution < -0.4 is 14.8 Å². The zero-order chi connectivity index (χ0) is 14.5. The second-order valence-corrected chi connectivity index (χ2v) is 4.29. The number of aromatic amines is 1. The van der Waals surface area contributed by atoms with E-state index in [9.17, 15) is 4.79 Å². The number of amides is 1. The normalized spacial score (nSPS) is 10.2. The summed E-state index contributed by atoms with van der Waals surface area (Å²) in [5, 5.41) is 9.33. The third-order valence-electron chi connectivity index (χ3n) is 3.02. The van der Waals surface area contributed by atoms with Gasteiger partial charge in [-0.05, 0) is 19.1 Å². The molecule has 2 aromatic rings. The second kappa shape index (κ2) is 6.10. The van der Waals surface area contributed by atoms with Crippen molar-refractivity contribution in [2.24, 2.45) is 0 Å². The van der Waals surface area contributed by atoms with Gasteiger partial charge in [0, 0.05) is 29.4 Å². The predicted molar refractivity (Wildman–Crippen MR) is 74.0 cm³/mol. The Bertz CT molecular complexity index is 569. The topological polar surface area (TPSA) is 76.2 Å². The van der Waals surface area contributed by atoms with E-state index in [-0.39, 0.29) is 5.91 Å². The quantitative estimate of drug-likeness (QED) is 0.870. The van der Waals surface area contributed by atoms with Crippen molar-refractivity contribution in [2.75, 3.05) is 14.2 Å². The lowest BCUT2D eigenvalue weighted by Gasteiger charge is -2.12. The third-order valence-corrected chi connectivity index (χ3v) is 3.02. The van der Waals surface area contributed by atoms with E-state index >= 15 is 0 Å². The molecule has 1 heterocycles. The Hall–Kier alpha value is -2.50. The molecule has 20 heavy (non-hydrogen) atoms. The Morgan fingerprint density at radius 2 is 1.95 bits per heavy atom. The van der Waals surface area contributed by atoms with Crippen LogP contribution in [0, 0.1) is 6.92 Å². The van der Waals surface area contributed by atoms with Gasteiger partial charge in [-0.25, -0.2) is 0 Å². The summed E-state index contributed by atoms with van der Waals surface area (Å²) in [7, 11) is 3.13. The minimum Gasteiger partial charge on any atom is -0.496 e. The lowest BCUT2D eigenvalue weighted by molar-refractivity contribution is 0.0950. The van der Waals surface area contributed by atoms with Gasteiger partial charge in [0.25, 0.3) is 5.91 Å². The first-order valence-electron chi connectivity index (χ1n) is 6.14. The molecule has 0 saturated heterocycles. The largest absolute Gasteiger partial charge is 0.496 e. The van der Waals surface area contributed by atoms with E-state index < -0.39 is 0 Å². The number of benzene rings is 1. The molecule has 1 amide bonds. The first-order chi connectivity index (χ1) is 9.65. The molecule has 6 nitrogen and oxygen atoms in total. The van der Waals surface area contributed by atoms with Crippen LogP contribution in [-0.2, 0) is 6.54 Å². The van der Waals surface area contributed by atoms with Gasteiger partial charge in [0.2, 0.25) is 0 Å². The maximum absolute atomic E-state index is 12.1. The molecule has 0 radical (unpaired) electrons. The molecule has 1 aromatic carbocycles. The first-order valence-corrected chi connectivity index (χ1v) is 6.14. The Morgan fingerprint density at radius 1 is 1.30 bits per heavy atom. The zero-order valence-electron chi connectivity index (χ0n) is 11.7. The molecule has 0 bridgehead atoms. The highest BCUT2D eigenvalue weighted by Gasteiger charge is 2.13. The van der Waals surface area contributed by atoms with Crippen LogP contribution in [0.15, 0.2) is 24.5 Å². The van der Waals surface area contributed by atoms with Crippen molar-refractivity contribution in [3.63, 3.8) is 0 Å². The summed E-state index contributed by atoms with van der Waals surface area (Å²) in [6, 6.07) is 3.39. The highest BCUT2D eigenvalue weighted by molar-refractivity contribution is 5.95. The van der Waals surface area contributed by atoms with Crippen LogP contribution in [0.5, 0.6) is 11.5 Å². The minimum atomic E-state index is -0.192. The molecule has 2 rings (SSSR count). The molecule has 0 aliphatic heterocycles. The van der Waals surface area contributed by atoms with E-state index in [1.807, 2.05) is 6.92 Å². The number of carbonyl (C=O) groups excluding carboxylic acids is 1. The average molecular weight is 275 g/mol. The molecule has 1 aromatic heterocycles. The number of hydrogen-bond acceptors (Lipinski definition) is 4. The lowest BCUT2D eigenvalue weighted by Crippen LogP contribution is -2.22. The Kier molecular flexibility index (Phi) is 4.24. The van der Waals surface area contributed by atoms with Crippen LogP contribution in [-0.4, -0.2) is 30.3 Å². The SMILES string of the molecule is COc1cc(C(=O)NCc2cn[nH]c2)cc(OC)c1C. The third kappa shape index (κ3) is 2.90. The highest BCUT2D eigenvalue weighted by Crippen LogP contribution is 2.29. The van der Waals surface area contributed by atoms with E-state index in [0.717, 1.165) is 11.1 Å². The van der Waals surface area contributed by atoms with Gasteiger partial charge in [-0.3, -0.25) is 9.89 Å². The molecule has 0 aliphatic rings. The van der Waals surface area contributed by atoms with Crippen molar-refractivity contribution in [1.29, 1.82) is 0 Å². The summed E-state index contributed by atoms with van der Waals surface area (Å²) in [6.07, 6.45) is 3.40. The summed E-state index contributed by atoms with van der Waals surface area (Å²) in [5.74, 6) is 1.05. The van der Waals surface area contributed by atoms with Crippen molar-refractivity contribution in [3.8, 4) is 11.5 Å². The van der Waals surface area contributed by atoms with Crippen LogP contribution in [0.25, 0.3) is 0 Å².